The van der Waals surface area contributed by atoms with Gasteiger partial charge in [-0.05, 0) is 12.1 Å². The van der Waals surface area contributed by atoms with Crippen LogP contribution in [0.15, 0.2) is 12.1 Å². The van der Waals surface area contributed by atoms with Crippen molar-refractivity contribution >= 4 is 28.8 Å². The number of ether oxygens (including phenoxy) is 3. The van der Waals surface area contributed by atoms with Gasteiger partial charge in [-0.25, -0.2) is 14.6 Å². The summed E-state index contributed by atoms with van der Waals surface area (Å²) in [4.78, 5) is 30.4. The standard InChI is InChI=1S/C13H15N3O5/c1-19-6-10-15-9-5-7(14-13(18)21-3)4-8(11(9)16-10)12(17)20-2/h4-5H,6H2,1-3H3,(H,14,18)(H,15,16). The van der Waals surface area contributed by atoms with Crippen molar-refractivity contribution < 1.29 is 23.8 Å². The number of H-pyrrole nitrogens is 1. The predicted octanol–water partition coefficient (Wildman–Crippen LogP) is 1.67. The van der Waals surface area contributed by atoms with Crippen LogP contribution in [0.2, 0.25) is 0 Å². The Morgan fingerprint density at radius 2 is 2.00 bits per heavy atom. The van der Waals surface area contributed by atoms with E-state index in [4.69, 9.17) is 9.47 Å². The second-order valence-electron chi connectivity index (χ2n) is 4.14. The summed E-state index contributed by atoms with van der Waals surface area (Å²) in [5.41, 5.74) is 1.66. The third-order valence-electron chi connectivity index (χ3n) is 2.75. The van der Waals surface area contributed by atoms with Crippen molar-refractivity contribution in [2.45, 2.75) is 6.61 Å². The molecule has 0 atom stereocenters. The van der Waals surface area contributed by atoms with Gasteiger partial charge in [-0.3, -0.25) is 5.32 Å². The summed E-state index contributed by atoms with van der Waals surface area (Å²) in [6.45, 7) is 0.273. The van der Waals surface area contributed by atoms with Crippen LogP contribution in [0.3, 0.4) is 0 Å². The molecule has 1 amide bonds. The molecule has 0 fully saturated rings. The molecule has 0 unspecified atom stereocenters. The van der Waals surface area contributed by atoms with E-state index in [1.165, 1.54) is 20.3 Å². The second kappa shape index (κ2) is 6.23. The number of anilines is 1. The molecule has 0 radical (unpaired) electrons. The average molecular weight is 293 g/mol. The molecule has 0 aliphatic heterocycles. The fraction of sp³-hybridized carbons (Fsp3) is 0.308. The van der Waals surface area contributed by atoms with E-state index in [2.05, 4.69) is 20.0 Å². The number of hydrogen-bond acceptors (Lipinski definition) is 6. The van der Waals surface area contributed by atoms with Crippen LogP contribution in [0.5, 0.6) is 0 Å². The third-order valence-corrected chi connectivity index (χ3v) is 2.75. The quantitative estimate of drug-likeness (QED) is 0.831. The molecule has 112 valence electrons. The zero-order valence-corrected chi connectivity index (χ0v) is 11.9. The van der Waals surface area contributed by atoms with Gasteiger partial charge in [0.25, 0.3) is 0 Å². The molecule has 1 aromatic heterocycles. The first-order valence-corrected chi connectivity index (χ1v) is 6.04. The Kier molecular flexibility index (Phi) is 4.39. The molecule has 0 bridgehead atoms. The molecule has 21 heavy (non-hydrogen) atoms. The lowest BCUT2D eigenvalue weighted by Crippen LogP contribution is -2.12. The summed E-state index contributed by atoms with van der Waals surface area (Å²) >= 11 is 0. The number of carbonyl (C=O) groups excluding carboxylic acids is 2. The van der Waals surface area contributed by atoms with Gasteiger partial charge in [-0.2, -0.15) is 0 Å². The maximum atomic E-state index is 11.9. The fourth-order valence-electron chi connectivity index (χ4n) is 1.88. The lowest BCUT2D eigenvalue weighted by atomic mass is 10.1. The van der Waals surface area contributed by atoms with Gasteiger partial charge in [0.05, 0.1) is 25.3 Å². The second-order valence-corrected chi connectivity index (χ2v) is 4.14. The zero-order chi connectivity index (χ0) is 15.4. The molecule has 1 heterocycles. The molecule has 2 N–H and O–H groups in total. The van der Waals surface area contributed by atoms with Gasteiger partial charge in [-0.1, -0.05) is 0 Å². The number of nitrogens with zero attached hydrogens (tertiary/aromatic N) is 1. The summed E-state index contributed by atoms with van der Waals surface area (Å²) in [7, 11) is 4.07. The molecule has 0 spiro atoms. The van der Waals surface area contributed by atoms with Crippen molar-refractivity contribution in [1.82, 2.24) is 9.97 Å². The SMILES string of the molecule is COCc1nc2c(C(=O)OC)cc(NC(=O)OC)cc2[nH]1. The van der Waals surface area contributed by atoms with E-state index < -0.39 is 12.1 Å². The molecule has 0 aliphatic rings. The first-order valence-electron chi connectivity index (χ1n) is 6.04. The molecule has 8 heteroatoms. The monoisotopic (exact) mass is 293 g/mol. The molecule has 8 nitrogen and oxygen atoms in total. The van der Waals surface area contributed by atoms with Crippen LogP contribution in [0.1, 0.15) is 16.2 Å². The predicted molar refractivity (Wildman–Crippen MR) is 74.2 cm³/mol. The average Bonchev–Trinajstić information content (AvgIpc) is 2.88. The highest BCUT2D eigenvalue weighted by Crippen LogP contribution is 2.23. The Labute approximate surface area is 120 Å². The van der Waals surface area contributed by atoms with Crippen molar-refractivity contribution in [2.24, 2.45) is 0 Å². The van der Waals surface area contributed by atoms with Gasteiger partial charge in [0.2, 0.25) is 0 Å². The van der Waals surface area contributed by atoms with Crippen molar-refractivity contribution in [3.8, 4) is 0 Å². The van der Waals surface area contributed by atoms with Gasteiger partial charge < -0.3 is 19.2 Å². The van der Waals surface area contributed by atoms with Gasteiger partial charge in [0, 0.05) is 12.8 Å². The zero-order valence-electron chi connectivity index (χ0n) is 11.9. The minimum absolute atomic E-state index is 0.236. The molecular formula is C13H15N3O5. The van der Waals surface area contributed by atoms with Crippen molar-refractivity contribution in [3.05, 3.63) is 23.5 Å². The number of aromatic amines is 1. The van der Waals surface area contributed by atoms with E-state index in [0.717, 1.165) is 0 Å². The summed E-state index contributed by atoms with van der Waals surface area (Å²) in [5.74, 6) is 0.0110. The highest BCUT2D eigenvalue weighted by atomic mass is 16.5. The van der Waals surface area contributed by atoms with Crippen LogP contribution in [0, 0.1) is 0 Å². The van der Waals surface area contributed by atoms with E-state index in [0.29, 0.717) is 22.5 Å². The largest absolute Gasteiger partial charge is 0.465 e. The number of hydrogen-bond donors (Lipinski definition) is 2. The molecule has 1 aromatic carbocycles. The maximum absolute atomic E-state index is 11.9. The van der Waals surface area contributed by atoms with Gasteiger partial charge in [0.15, 0.2) is 0 Å². The summed E-state index contributed by atoms with van der Waals surface area (Å²) in [6.07, 6.45) is -0.637. The van der Waals surface area contributed by atoms with E-state index in [1.807, 2.05) is 0 Å². The van der Waals surface area contributed by atoms with E-state index in [9.17, 15) is 9.59 Å². The number of rotatable bonds is 4. The van der Waals surface area contributed by atoms with E-state index in [1.54, 1.807) is 13.2 Å². The minimum atomic E-state index is -0.637. The number of nitrogens with one attached hydrogen (secondary N) is 2. The highest BCUT2D eigenvalue weighted by Gasteiger charge is 2.17. The molecule has 0 saturated heterocycles. The van der Waals surface area contributed by atoms with Crippen molar-refractivity contribution in [2.75, 3.05) is 26.6 Å². The molecule has 0 saturated carbocycles. The Morgan fingerprint density at radius 3 is 2.62 bits per heavy atom. The smallest absolute Gasteiger partial charge is 0.411 e. The fourth-order valence-corrected chi connectivity index (χ4v) is 1.88. The summed E-state index contributed by atoms with van der Waals surface area (Å²) in [5, 5.41) is 2.50. The van der Waals surface area contributed by atoms with Crippen LogP contribution in [0.4, 0.5) is 10.5 Å². The Balaban J connectivity index is 2.53. The Hall–Kier alpha value is -2.61. The number of aromatic nitrogens is 2. The normalized spacial score (nSPS) is 10.4. The highest BCUT2D eigenvalue weighted by molar-refractivity contribution is 6.04. The van der Waals surface area contributed by atoms with Crippen LogP contribution in [-0.4, -0.2) is 43.4 Å². The van der Waals surface area contributed by atoms with Gasteiger partial charge in [0.1, 0.15) is 17.9 Å². The van der Waals surface area contributed by atoms with E-state index in [-0.39, 0.29) is 12.2 Å². The molecule has 0 aliphatic carbocycles. The van der Waals surface area contributed by atoms with Crippen molar-refractivity contribution in [3.63, 3.8) is 0 Å². The topological polar surface area (TPSA) is 103 Å². The number of esters is 1. The summed E-state index contributed by atoms with van der Waals surface area (Å²) in [6, 6.07) is 3.12. The van der Waals surface area contributed by atoms with Crippen molar-refractivity contribution in [1.29, 1.82) is 0 Å². The molecular weight excluding hydrogens is 278 g/mol. The van der Waals surface area contributed by atoms with Gasteiger partial charge >= 0.3 is 12.1 Å². The Morgan fingerprint density at radius 1 is 1.24 bits per heavy atom. The number of carbonyl (C=O) groups is 2. The van der Waals surface area contributed by atoms with Crippen LogP contribution >= 0.6 is 0 Å². The van der Waals surface area contributed by atoms with Gasteiger partial charge in [-0.15, -0.1) is 0 Å². The number of imidazole rings is 1. The minimum Gasteiger partial charge on any atom is -0.465 e. The lowest BCUT2D eigenvalue weighted by Gasteiger charge is -2.06. The number of fused-ring (bicyclic) bond motifs is 1. The van der Waals surface area contributed by atoms with Crippen LogP contribution < -0.4 is 5.32 Å². The number of methoxy groups -OCH3 is 3. The first kappa shape index (κ1) is 14.8. The molecule has 2 rings (SSSR count). The van der Waals surface area contributed by atoms with Crippen LogP contribution in [0.25, 0.3) is 11.0 Å². The molecule has 2 aromatic rings. The number of benzene rings is 1. The Bertz CT molecular complexity index is 680. The summed E-state index contributed by atoms with van der Waals surface area (Å²) < 4.78 is 14.3. The van der Waals surface area contributed by atoms with Crippen LogP contribution in [-0.2, 0) is 20.8 Å². The van der Waals surface area contributed by atoms with E-state index >= 15 is 0 Å². The lowest BCUT2D eigenvalue weighted by molar-refractivity contribution is 0.0602. The maximum Gasteiger partial charge on any atom is 0.411 e. The first-order chi connectivity index (χ1) is 10.1. The third kappa shape index (κ3) is 3.11. The number of amides is 1.